The van der Waals surface area contributed by atoms with Crippen LogP contribution in [-0.4, -0.2) is 42.0 Å². The highest BCUT2D eigenvalue weighted by Crippen LogP contribution is 2.34. The lowest BCUT2D eigenvalue weighted by Crippen LogP contribution is -2.45. The summed E-state index contributed by atoms with van der Waals surface area (Å²) in [6.07, 6.45) is 13.3. The summed E-state index contributed by atoms with van der Waals surface area (Å²) >= 11 is 0. The summed E-state index contributed by atoms with van der Waals surface area (Å²) in [5, 5.41) is 0. The van der Waals surface area contributed by atoms with E-state index in [4.69, 9.17) is 0 Å². The van der Waals surface area contributed by atoms with Gasteiger partial charge in [-0.25, -0.2) is 0 Å². The molecule has 1 amide bonds. The van der Waals surface area contributed by atoms with Crippen LogP contribution in [0.3, 0.4) is 0 Å². The third-order valence-corrected chi connectivity index (χ3v) is 7.80. The third-order valence-electron chi connectivity index (χ3n) is 7.80. The van der Waals surface area contributed by atoms with Gasteiger partial charge in [-0.1, -0.05) is 37.5 Å². The van der Waals surface area contributed by atoms with Crippen molar-refractivity contribution < 1.29 is 4.79 Å². The van der Waals surface area contributed by atoms with E-state index in [0.29, 0.717) is 23.7 Å². The average molecular weight is 418 g/mol. The van der Waals surface area contributed by atoms with Gasteiger partial charge in [-0.3, -0.25) is 9.78 Å². The van der Waals surface area contributed by atoms with Gasteiger partial charge < -0.3 is 9.80 Å². The standard InChI is InChI=1S/C27H35N3O/c31-27(17-21-5-2-1-3-6-21)29-15-12-23(13-16-29)22-8-10-26(11-9-22)30-19-25(20-30)24-7-4-14-28-18-24/h4,7-11,14,18,21,23,25H,1-3,5-6,12-13,15-17,19-20H2. The molecule has 3 heterocycles. The van der Waals surface area contributed by atoms with E-state index in [2.05, 4.69) is 45.1 Å². The molecule has 3 aliphatic rings. The number of anilines is 1. The smallest absolute Gasteiger partial charge is 0.222 e. The second-order valence-corrected chi connectivity index (χ2v) is 9.84. The van der Waals surface area contributed by atoms with Gasteiger partial charge in [-0.2, -0.15) is 0 Å². The highest BCUT2D eigenvalue weighted by Gasteiger charge is 2.29. The van der Waals surface area contributed by atoms with Gasteiger partial charge >= 0.3 is 0 Å². The summed E-state index contributed by atoms with van der Waals surface area (Å²) in [7, 11) is 0. The van der Waals surface area contributed by atoms with Gasteiger partial charge in [0.2, 0.25) is 5.91 Å². The Morgan fingerprint density at radius 3 is 2.29 bits per heavy atom. The molecule has 4 nitrogen and oxygen atoms in total. The van der Waals surface area contributed by atoms with Crippen molar-refractivity contribution in [2.45, 2.75) is 63.2 Å². The zero-order valence-corrected chi connectivity index (χ0v) is 18.6. The van der Waals surface area contributed by atoms with Crippen LogP contribution in [0.2, 0.25) is 0 Å². The Balaban J connectivity index is 1.09. The van der Waals surface area contributed by atoms with E-state index in [0.717, 1.165) is 45.4 Å². The number of piperidine rings is 1. The summed E-state index contributed by atoms with van der Waals surface area (Å²) in [5.74, 6) is 2.24. The molecule has 0 N–H and O–H groups in total. The molecule has 5 rings (SSSR count). The molecule has 1 aromatic carbocycles. The maximum absolute atomic E-state index is 12.7. The molecule has 2 aliphatic heterocycles. The topological polar surface area (TPSA) is 36.4 Å². The van der Waals surface area contributed by atoms with Crippen LogP contribution in [-0.2, 0) is 4.79 Å². The second kappa shape index (κ2) is 9.42. The van der Waals surface area contributed by atoms with Gasteiger partial charge in [0.15, 0.2) is 0 Å². The number of aromatic nitrogens is 1. The van der Waals surface area contributed by atoms with E-state index in [9.17, 15) is 4.79 Å². The van der Waals surface area contributed by atoms with Crippen molar-refractivity contribution in [2.75, 3.05) is 31.1 Å². The maximum atomic E-state index is 12.7. The van der Waals surface area contributed by atoms with Crippen LogP contribution >= 0.6 is 0 Å². The Labute approximate surface area is 186 Å². The molecule has 0 unspecified atom stereocenters. The number of carbonyl (C=O) groups is 1. The Kier molecular flexibility index (Phi) is 6.24. The lowest BCUT2D eigenvalue weighted by molar-refractivity contribution is -0.133. The van der Waals surface area contributed by atoms with E-state index < -0.39 is 0 Å². The van der Waals surface area contributed by atoms with Gasteiger partial charge in [-0.05, 0) is 66.8 Å². The fraction of sp³-hybridized carbons (Fsp3) is 0.556. The number of carbonyl (C=O) groups excluding carboxylic acids is 1. The Hall–Kier alpha value is -2.36. The van der Waals surface area contributed by atoms with Crippen molar-refractivity contribution in [1.29, 1.82) is 0 Å². The van der Waals surface area contributed by atoms with Gasteiger partial charge in [0, 0.05) is 56.6 Å². The minimum atomic E-state index is 0.404. The first-order valence-corrected chi connectivity index (χ1v) is 12.3. The number of nitrogens with zero attached hydrogens (tertiary/aromatic N) is 3. The van der Waals surface area contributed by atoms with Crippen LogP contribution in [0.5, 0.6) is 0 Å². The summed E-state index contributed by atoms with van der Waals surface area (Å²) < 4.78 is 0. The normalized spacial score (nSPS) is 21.2. The summed E-state index contributed by atoms with van der Waals surface area (Å²) in [4.78, 5) is 21.6. The van der Waals surface area contributed by atoms with Crippen LogP contribution < -0.4 is 4.90 Å². The molecule has 0 spiro atoms. The molecule has 1 aromatic heterocycles. The molecule has 1 aliphatic carbocycles. The second-order valence-electron chi connectivity index (χ2n) is 9.84. The van der Waals surface area contributed by atoms with Crippen molar-refractivity contribution >= 4 is 11.6 Å². The first kappa shape index (κ1) is 20.5. The summed E-state index contributed by atoms with van der Waals surface area (Å²) in [6, 6.07) is 13.4. The predicted molar refractivity (Wildman–Crippen MR) is 125 cm³/mol. The number of likely N-dealkylation sites (tertiary alicyclic amines) is 1. The van der Waals surface area contributed by atoms with Gasteiger partial charge in [-0.15, -0.1) is 0 Å². The van der Waals surface area contributed by atoms with E-state index in [-0.39, 0.29) is 0 Å². The minimum absolute atomic E-state index is 0.404. The fourth-order valence-electron chi connectivity index (χ4n) is 5.70. The lowest BCUT2D eigenvalue weighted by Gasteiger charge is -2.41. The molecule has 2 saturated heterocycles. The fourth-order valence-corrected chi connectivity index (χ4v) is 5.70. The molecular formula is C27H35N3O. The number of amides is 1. The maximum Gasteiger partial charge on any atom is 0.222 e. The van der Waals surface area contributed by atoms with Gasteiger partial charge in [0.05, 0.1) is 0 Å². The molecule has 31 heavy (non-hydrogen) atoms. The predicted octanol–water partition coefficient (Wildman–Crippen LogP) is 5.36. The van der Waals surface area contributed by atoms with Crippen molar-refractivity contribution in [3.63, 3.8) is 0 Å². The third kappa shape index (κ3) is 4.78. The first-order valence-electron chi connectivity index (χ1n) is 12.3. The molecule has 164 valence electrons. The molecule has 0 atom stereocenters. The Morgan fingerprint density at radius 2 is 1.61 bits per heavy atom. The zero-order chi connectivity index (χ0) is 21.0. The number of rotatable bonds is 5. The minimum Gasteiger partial charge on any atom is -0.370 e. The molecule has 0 radical (unpaired) electrons. The van der Waals surface area contributed by atoms with Crippen LogP contribution in [0.1, 0.15) is 74.3 Å². The van der Waals surface area contributed by atoms with E-state index >= 15 is 0 Å². The van der Waals surface area contributed by atoms with Crippen molar-refractivity contribution in [3.05, 3.63) is 59.9 Å². The number of pyridine rings is 1. The average Bonchev–Trinajstić information content (AvgIpc) is 2.80. The van der Waals surface area contributed by atoms with E-state index in [1.165, 1.54) is 48.9 Å². The largest absolute Gasteiger partial charge is 0.370 e. The zero-order valence-electron chi connectivity index (χ0n) is 18.6. The molecule has 1 saturated carbocycles. The molecule has 0 bridgehead atoms. The lowest BCUT2D eigenvalue weighted by atomic mass is 9.85. The highest BCUT2D eigenvalue weighted by atomic mass is 16.2. The SMILES string of the molecule is O=C(CC1CCCCC1)N1CCC(c2ccc(N3CC(c4cccnc4)C3)cc2)CC1. The van der Waals surface area contributed by atoms with Crippen LogP contribution in [0.25, 0.3) is 0 Å². The highest BCUT2D eigenvalue weighted by molar-refractivity contribution is 5.76. The Bertz CT molecular complexity index is 846. The van der Waals surface area contributed by atoms with Gasteiger partial charge in [0.25, 0.3) is 0 Å². The number of benzene rings is 1. The van der Waals surface area contributed by atoms with Crippen LogP contribution in [0, 0.1) is 5.92 Å². The molecular weight excluding hydrogens is 382 g/mol. The summed E-state index contributed by atoms with van der Waals surface area (Å²) in [5.41, 5.74) is 4.11. The van der Waals surface area contributed by atoms with E-state index in [1.807, 2.05) is 18.5 Å². The monoisotopic (exact) mass is 417 g/mol. The van der Waals surface area contributed by atoms with Crippen molar-refractivity contribution in [1.82, 2.24) is 9.88 Å². The Morgan fingerprint density at radius 1 is 0.871 bits per heavy atom. The molecule has 3 fully saturated rings. The summed E-state index contributed by atoms with van der Waals surface area (Å²) in [6.45, 7) is 4.01. The van der Waals surface area contributed by atoms with Crippen molar-refractivity contribution in [3.8, 4) is 0 Å². The molecule has 2 aromatic rings. The first-order chi connectivity index (χ1) is 15.3. The number of hydrogen-bond donors (Lipinski definition) is 0. The van der Waals surface area contributed by atoms with Crippen LogP contribution in [0.15, 0.2) is 48.8 Å². The number of hydrogen-bond acceptors (Lipinski definition) is 3. The van der Waals surface area contributed by atoms with E-state index in [1.54, 1.807) is 0 Å². The molecule has 4 heteroatoms. The van der Waals surface area contributed by atoms with Gasteiger partial charge in [0.1, 0.15) is 0 Å². The van der Waals surface area contributed by atoms with Crippen molar-refractivity contribution in [2.24, 2.45) is 5.92 Å². The van der Waals surface area contributed by atoms with Crippen LogP contribution in [0.4, 0.5) is 5.69 Å². The quantitative estimate of drug-likeness (QED) is 0.657.